The number of halogens is 2. The van der Waals surface area contributed by atoms with Crippen LogP contribution in [-0.4, -0.2) is 16.9 Å². The highest BCUT2D eigenvalue weighted by Gasteiger charge is 2.26. The van der Waals surface area contributed by atoms with Gasteiger partial charge in [-0.1, -0.05) is 31.4 Å². The van der Waals surface area contributed by atoms with Crippen LogP contribution in [0.1, 0.15) is 43.0 Å². The van der Waals surface area contributed by atoms with Gasteiger partial charge in [0, 0.05) is 6.04 Å². The molecule has 1 fully saturated rings. The molecule has 1 unspecified atom stereocenters. The van der Waals surface area contributed by atoms with Crippen LogP contribution in [-0.2, 0) is 0 Å². The van der Waals surface area contributed by atoms with E-state index in [1.54, 1.807) is 0 Å². The summed E-state index contributed by atoms with van der Waals surface area (Å²) in [6.45, 7) is 2.03. The monoisotopic (exact) mass is 270 g/mol. The minimum Gasteiger partial charge on any atom is -0.349 e. The molecule has 18 heavy (non-hydrogen) atoms. The Balaban J connectivity index is 2.02. The number of pyridine rings is 1. The molecule has 1 saturated carbocycles. The van der Waals surface area contributed by atoms with Gasteiger partial charge in [0.15, 0.2) is 0 Å². The van der Waals surface area contributed by atoms with Gasteiger partial charge >= 0.3 is 0 Å². The van der Waals surface area contributed by atoms with Crippen molar-refractivity contribution >= 4 is 17.5 Å². The summed E-state index contributed by atoms with van der Waals surface area (Å²) in [6.07, 6.45) is 5.34. The van der Waals surface area contributed by atoms with E-state index in [-0.39, 0.29) is 22.7 Å². The molecule has 0 saturated heterocycles. The zero-order chi connectivity index (χ0) is 13.1. The van der Waals surface area contributed by atoms with Crippen molar-refractivity contribution in [1.29, 1.82) is 0 Å². The number of aromatic nitrogens is 1. The van der Waals surface area contributed by atoms with Crippen molar-refractivity contribution in [3.05, 3.63) is 28.8 Å². The quantitative estimate of drug-likeness (QED) is 0.835. The number of hydrogen-bond donors (Lipinski definition) is 1. The largest absolute Gasteiger partial charge is 0.349 e. The van der Waals surface area contributed by atoms with Crippen LogP contribution in [0.25, 0.3) is 0 Å². The highest BCUT2D eigenvalue weighted by molar-refractivity contribution is 6.32. The summed E-state index contributed by atoms with van der Waals surface area (Å²) >= 11 is 5.80. The van der Waals surface area contributed by atoms with E-state index >= 15 is 0 Å². The second-order valence-corrected chi connectivity index (χ2v) is 5.11. The maximum atomic E-state index is 13.0. The van der Waals surface area contributed by atoms with Gasteiger partial charge in [-0.15, -0.1) is 0 Å². The molecule has 1 N–H and O–H groups in total. The molecule has 98 valence electrons. The Morgan fingerprint density at radius 2 is 2.39 bits per heavy atom. The topological polar surface area (TPSA) is 42.0 Å². The Morgan fingerprint density at radius 1 is 1.67 bits per heavy atom. The van der Waals surface area contributed by atoms with Gasteiger partial charge in [0.1, 0.15) is 11.0 Å². The van der Waals surface area contributed by atoms with Crippen molar-refractivity contribution in [1.82, 2.24) is 10.3 Å². The molecule has 2 rings (SSSR count). The summed E-state index contributed by atoms with van der Waals surface area (Å²) in [5.74, 6) is -0.171. The Morgan fingerprint density at radius 3 is 3.00 bits per heavy atom. The summed E-state index contributed by atoms with van der Waals surface area (Å²) in [6, 6.07) is 1.25. The molecule has 1 aromatic rings. The van der Waals surface area contributed by atoms with E-state index in [2.05, 4.69) is 10.3 Å². The number of nitrogens with one attached hydrogen (secondary N) is 1. The van der Waals surface area contributed by atoms with E-state index in [4.69, 9.17) is 11.6 Å². The Labute approximate surface area is 111 Å². The summed E-state index contributed by atoms with van der Waals surface area (Å²) in [5.41, 5.74) is 0.103. The number of rotatable bonds is 5. The van der Waals surface area contributed by atoms with Crippen LogP contribution >= 0.6 is 11.6 Å². The van der Waals surface area contributed by atoms with Crippen molar-refractivity contribution in [3.8, 4) is 0 Å². The molecule has 1 atom stereocenters. The van der Waals surface area contributed by atoms with Gasteiger partial charge in [0.25, 0.3) is 5.91 Å². The lowest BCUT2D eigenvalue weighted by atomic mass is 10.1. The normalized spacial score (nSPS) is 16.4. The second-order valence-electron chi connectivity index (χ2n) is 4.75. The van der Waals surface area contributed by atoms with Crippen molar-refractivity contribution in [2.24, 2.45) is 5.92 Å². The van der Waals surface area contributed by atoms with Crippen LogP contribution in [0, 0.1) is 11.7 Å². The predicted octanol–water partition coefficient (Wildman–Crippen LogP) is 3.18. The summed E-state index contributed by atoms with van der Waals surface area (Å²) in [7, 11) is 0. The first-order valence-electron chi connectivity index (χ1n) is 6.22. The molecule has 1 amide bonds. The van der Waals surface area contributed by atoms with Gasteiger partial charge in [0.05, 0.1) is 11.8 Å². The van der Waals surface area contributed by atoms with Crippen LogP contribution in [0.3, 0.4) is 0 Å². The molecule has 5 heteroatoms. The van der Waals surface area contributed by atoms with Gasteiger partial charge in [-0.05, 0) is 24.8 Å². The van der Waals surface area contributed by atoms with Crippen LogP contribution in [0.4, 0.5) is 4.39 Å². The fraction of sp³-hybridized carbons (Fsp3) is 0.538. The third-order valence-electron chi connectivity index (χ3n) is 3.19. The van der Waals surface area contributed by atoms with Crippen LogP contribution < -0.4 is 5.32 Å². The second kappa shape index (κ2) is 5.65. The number of amides is 1. The lowest BCUT2D eigenvalue weighted by molar-refractivity contribution is 0.0932. The molecule has 0 radical (unpaired) electrons. The van der Waals surface area contributed by atoms with Crippen LogP contribution in [0.5, 0.6) is 0 Å². The molecule has 0 spiro atoms. The average Bonchev–Trinajstić information content (AvgIpc) is 3.15. The van der Waals surface area contributed by atoms with Crippen LogP contribution in [0.2, 0.25) is 5.15 Å². The lowest BCUT2D eigenvalue weighted by Crippen LogP contribution is -2.35. The van der Waals surface area contributed by atoms with E-state index in [1.807, 2.05) is 6.92 Å². The van der Waals surface area contributed by atoms with Crippen molar-refractivity contribution in [3.63, 3.8) is 0 Å². The standard InChI is InChI=1S/C13H16ClFN2O/c1-2-10(5-8-3-4-8)17-13(18)11-6-9(15)7-16-12(11)14/h6-8,10H,2-5H2,1H3,(H,17,18). The SMILES string of the molecule is CCC(CC1CC1)NC(=O)c1cc(F)cnc1Cl. The van der Waals surface area contributed by atoms with Gasteiger partial charge in [-0.25, -0.2) is 9.37 Å². The molecule has 3 nitrogen and oxygen atoms in total. The average molecular weight is 271 g/mol. The summed E-state index contributed by atoms with van der Waals surface area (Å²) in [5, 5.41) is 2.93. The molecular weight excluding hydrogens is 255 g/mol. The van der Waals surface area contributed by atoms with Crippen molar-refractivity contribution < 1.29 is 9.18 Å². The van der Waals surface area contributed by atoms with Gasteiger partial charge in [-0.3, -0.25) is 4.79 Å². The molecule has 1 aliphatic carbocycles. The Hall–Kier alpha value is -1.16. The molecule has 0 bridgehead atoms. The number of carbonyl (C=O) groups is 1. The zero-order valence-electron chi connectivity index (χ0n) is 10.2. The minimum atomic E-state index is -0.556. The maximum absolute atomic E-state index is 13.0. The van der Waals surface area contributed by atoms with E-state index in [0.29, 0.717) is 0 Å². The third kappa shape index (κ3) is 3.42. The highest BCUT2D eigenvalue weighted by Crippen LogP contribution is 2.34. The zero-order valence-corrected chi connectivity index (χ0v) is 11.0. The molecule has 0 aromatic carbocycles. The fourth-order valence-electron chi connectivity index (χ4n) is 1.93. The number of nitrogens with zero attached hydrogens (tertiary/aromatic N) is 1. The van der Waals surface area contributed by atoms with Crippen molar-refractivity contribution in [2.75, 3.05) is 0 Å². The highest BCUT2D eigenvalue weighted by atomic mass is 35.5. The Kier molecular flexibility index (Phi) is 4.17. The van der Waals surface area contributed by atoms with Crippen molar-refractivity contribution in [2.45, 2.75) is 38.6 Å². The Bertz CT molecular complexity index is 449. The van der Waals surface area contributed by atoms with E-state index in [9.17, 15) is 9.18 Å². The maximum Gasteiger partial charge on any atom is 0.254 e. The van der Waals surface area contributed by atoms with E-state index < -0.39 is 5.82 Å². The smallest absolute Gasteiger partial charge is 0.254 e. The molecule has 0 aliphatic heterocycles. The predicted molar refractivity (Wildman–Crippen MR) is 68.1 cm³/mol. The first-order chi connectivity index (χ1) is 8.60. The molecule has 1 aliphatic rings. The minimum absolute atomic E-state index is 0.0372. The van der Waals surface area contributed by atoms with Gasteiger partial charge in [0.2, 0.25) is 0 Å². The summed E-state index contributed by atoms with van der Waals surface area (Å²) in [4.78, 5) is 15.6. The lowest BCUT2D eigenvalue weighted by Gasteiger charge is -2.16. The van der Waals surface area contributed by atoms with Gasteiger partial charge < -0.3 is 5.32 Å². The number of carbonyl (C=O) groups excluding carboxylic acids is 1. The fourth-order valence-corrected chi connectivity index (χ4v) is 2.12. The molecule has 1 heterocycles. The molecular formula is C13H16ClFN2O. The van der Waals surface area contributed by atoms with E-state index in [1.165, 1.54) is 12.8 Å². The van der Waals surface area contributed by atoms with E-state index in [0.717, 1.165) is 31.0 Å². The van der Waals surface area contributed by atoms with Crippen LogP contribution in [0.15, 0.2) is 12.3 Å². The first kappa shape index (κ1) is 13.3. The summed E-state index contributed by atoms with van der Waals surface area (Å²) < 4.78 is 13.0. The number of hydrogen-bond acceptors (Lipinski definition) is 2. The first-order valence-corrected chi connectivity index (χ1v) is 6.59. The third-order valence-corrected chi connectivity index (χ3v) is 3.49. The molecule has 1 aromatic heterocycles. The van der Waals surface area contributed by atoms with Gasteiger partial charge in [-0.2, -0.15) is 0 Å².